The molecule has 0 spiro atoms. The van der Waals surface area contributed by atoms with E-state index in [1.165, 1.54) is 38.1 Å². The Balaban J connectivity index is 2.17. The van der Waals surface area contributed by atoms with E-state index in [-0.39, 0.29) is 95.0 Å². The molecule has 2 aromatic rings. The van der Waals surface area contributed by atoms with Gasteiger partial charge in [-0.25, -0.2) is 0 Å². The second kappa shape index (κ2) is 46.5. The van der Waals surface area contributed by atoms with Gasteiger partial charge in [-0.1, -0.05) is 42.5 Å². The number of hydrogen-bond acceptors (Lipinski definition) is 22. The molecule has 13 amide bonds. The Hall–Kier alpha value is -10.7. The minimum atomic E-state index is -1.75. The summed E-state index contributed by atoms with van der Waals surface area (Å²) < 4.78 is 0. The molecule has 0 saturated heterocycles. The first-order valence-electron chi connectivity index (χ1n) is 32.5. The van der Waals surface area contributed by atoms with E-state index in [0.29, 0.717) is 36.9 Å². The number of hydrogen-bond donors (Lipinski definition) is 22. The third kappa shape index (κ3) is 34.6. The molecule has 101 heavy (non-hydrogen) atoms. The van der Waals surface area contributed by atoms with Crippen molar-refractivity contribution in [2.45, 2.75) is 164 Å². The Kier molecular flexibility index (Phi) is 39.8. The molecule has 2 aromatic carbocycles. The number of nitrogens with two attached hydrogens (primary N) is 8. The average molecular weight is 1430 g/mol. The summed E-state index contributed by atoms with van der Waals surface area (Å²) in [6.07, 6.45) is -0.126. The molecule has 560 valence electrons. The van der Waals surface area contributed by atoms with E-state index in [0.717, 1.165) is 6.92 Å². The van der Waals surface area contributed by atoms with Crippen LogP contribution in [0.4, 0.5) is 5.69 Å². The number of nitro groups is 1. The maximum Gasteiger partial charge on any atom is 0.269 e. The number of nitrogens with one attached hydrogen (secondary N) is 12. The normalized spacial score (nSPS) is 14.1. The van der Waals surface area contributed by atoms with Crippen LogP contribution in [0.3, 0.4) is 0 Å². The molecule has 0 fully saturated rings. The topological polar surface area (TPSA) is 683 Å². The summed E-state index contributed by atoms with van der Waals surface area (Å²) in [5, 5.41) is 60.8. The summed E-state index contributed by atoms with van der Waals surface area (Å²) in [5.74, 6) is -12.5. The van der Waals surface area contributed by atoms with Crippen molar-refractivity contribution in [2.75, 3.05) is 52.4 Å². The Morgan fingerprint density at radius 3 is 1.36 bits per heavy atom. The van der Waals surface area contributed by atoms with E-state index < -0.39 is 174 Å². The van der Waals surface area contributed by atoms with Crippen LogP contribution in [0, 0.1) is 10.1 Å². The highest BCUT2D eigenvalue weighted by molar-refractivity contribution is 5.99. The number of nitrogens with zero attached hydrogens (tertiary/aromatic N) is 3. The molecule has 0 radical (unpaired) electrons. The summed E-state index contributed by atoms with van der Waals surface area (Å²) in [7, 11) is 0. The number of aliphatic imine (C=N–C) groups is 2. The van der Waals surface area contributed by atoms with Crippen molar-refractivity contribution in [2.24, 2.45) is 55.9 Å². The van der Waals surface area contributed by atoms with Crippen molar-refractivity contribution in [3.63, 3.8) is 0 Å². The number of primary amides is 1. The van der Waals surface area contributed by atoms with Gasteiger partial charge >= 0.3 is 0 Å². The van der Waals surface area contributed by atoms with Gasteiger partial charge in [-0.05, 0) is 116 Å². The minimum Gasteiger partial charge on any atom is -0.394 e. The van der Waals surface area contributed by atoms with Gasteiger partial charge in [0.1, 0.15) is 54.4 Å². The number of carbonyl (C=O) groups is 13. The van der Waals surface area contributed by atoms with Crippen molar-refractivity contribution < 1.29 is 77.5 Å². The van der Waals surface area contributed by atoms with Gasteiger partial charge < -0.3 is 120 Å². The summed E-state index contributed by atoms with van der Waals surface area (Å²) in [5.41, 5.74) is 45.4. The van der Waals surface area contributed by atoms with Crippen LogP contribution in [0.25, 0.3) is 0 Å². The molecule has 11 atom stereocenters. The molecule has 0 aliphatic carbocycles. The smallest absolute Gasteiger partial charge is 0.269 e. The second-order valence-electron chi connectivity index (χ2n) is 23.4. The molecular weight excluding hydrogens is 1330 g/mol. The standard InChI is InChI=1S/C61H99N23O17/c1-33(75-47(88)31-74-59(99)49(35(3)86)83-57(97)44(28-36-13-5-4-6-14-36)77-48(89)30-72-46(87)29-73-53(93)39(64)27-37-19-21-38(22-20-37)84(100)101)51(91)79-43(18-12-26-71-61(68)69)55(95)81-41(16-8-10-24-63)56(96)82-45(32-85)58(98)76-34(2)52(92)80-42(17-11-25-70-60(66)67)54(94)78-40(50(65)90)15-7-9-23-62/h4-6,13-14,19-22,33-35,39-45,49,85-86H,7-12,15-18,23-32,62-64H2,1-3H3,(H2,65,90)(H,72,87)(H,73,93)(H,74,99)(H,75,88)(H,76,98)(H,77,89)(H,78,94)(H,79,91)(H,80,92)(H,81,95)(H,82,96)(H,83,97)(H4,66,67,70)(H4,68,69,71)/t33-,34-,35+,39-,40-,41-,42-,43-,44-,45-,49-/m0/s1. The zero-order chi connectivity index (χ0) is 75.7. The Labute approximate surface area is 582 Å². The molecule has 0 heterocycles. The van der Waals surface area contributed by atoms with Gasteiger partial charge in [-0.3, -0.25) is 82.4 Å². The zero-order valence-corrected chi connectivity index (χ0v) is 56.7. The SMILES string of the molecule is C[C@H](NC(=O)CNC(=O)[C@@H](NC(=O)[C@H](Cc1ccccc1)NC(=O)CNC(=O)CNC(=O)[C@@H](N)Cc1ccc([N+](=O)[O-])cc1)[C@@H](C)O)C(=O)N[C@@H](CCCN=C(N)N)C(=O)N[C@@H](CCCCN)C(=O)N[C@@H](CO)C(=O)N[C@@H](C)C(=O)N[C@@H](CCCN=C(N)N)C(=O)N[C@@H](CCCCN)C(N)=O. The maximum absolute atomic E-state index is 14.1. The number of non-ortho nitro benzene ring substituents is 1. The number of aliphatic hydroxyl groups excluding tert-OH is 2. The largest absolute Gasteiger partial charge is 0.394 e. The van der Waals surface area contributed by atoms with E-state index in [1.807, 2.05) is 0 Å². The molecule has 0 unspecified atom stereocenters. The first-order chi connectivity index (χ1) is 47.8. The van der Waals surface area contributed by atoms with E-state index in [9.17, 15) is 82.7 Å². The van der Waals surface area contributed by atoms with E-state index >= 15 is 0 Å². The number of rotatable bonds is 48. The fourth-order valence-electron chi connectivity index (χ4n) is 9.31. The van der Waals surface area contributed by atoms with Crippen LogP contribution in [-0.4, -0.2) is 223 Å². The number of guanidine groups is 2. The highest BCUT2D eigenvalue weighted by atomic mass is 16.6. The lowest BCUT2D eigenvalue weighted by atomic mass is 10.0. The predicted molar refractivity (Wildman–Crippen MR) is 366 cm³/mol. The number of aliphatic hydroxyl groups is 2. The van der Waals surface area contributed by atoms with Gasteiger partial charge in [0.25, 0.3) is 5.69 Å². The van der Waals surface area contributed by atoms with Crippen molar-refractivity contribution in [1.82, 2.24) is 63.8 Å². The summed E-state index contributed by atoms with van der Waals surface area (Å²) in [6.45, 7) is 0.975. The first-order valence-corrected chi connectivity index (χ1v) is 32.5. The Morgan fingerprint density at radius 2 is 0.871 bits per heavy atom. The van der Waals surface area contributed by atoms with Crippen LogP contribution in [0.2, 0.25) is 0 Å². The van der Waals surface area contributed by atoms with Crippen LogP contribution < -0.4 is 110 Å². The molecule has 40 nitrogen and oxygen atoms in total. The van der Waals surface area contributed by atoms with Crippen LogP contribution in [0.5, 0.6) is 0 Å². The molecular formula is C61H99N23O17. The molecule has 0 aliphatic heterocycles. The van der Waals surface area contributed by atoms with Crippen LogP contribution in [-0.2, 0) is 75.2 Å². The molecule has 0 aromatic heterocycles. The molecule has 0 aliphatic rings. The monoisotopic (exact) mass is 1430 g/mol. The fourth-order valence-corrected chi connectivity index (χ4v) is 9.31. The number of carbonyl (C=O) groups excluding carboxylic acids is 13. The third-order valence-electron chi connectivity index (χ3n) is 14.9. The van der Waals surface area contributed by atoms with Crippen molar-refractivity contribution in [3.05, 3.63) is 75.8 Å². The summed E-state index contributed by atoms with van der Waals surface area (Å²) in [4.78, 5) is 192. The number of nitro benzene ring substituents is 1. The average Bonchev–Trinajstić information content (AvgIpc) is 0.893. The maximum atomic E-state index is 14.1. The highest BCUT2D eigenvalue weighted by Gasteiger charge is 2.35. The lowest BCUT2D eigenvalue weighted by Gasteiger charge is -2.26. The number of amides is 13. The van der Waals surface area contributed by atoms with Crippen LogP contribution >= 0.6 is 0 Å². The molecule has 2 rings (SSSR count). The zero-order valence-electron chi connectivity index (χ0n) is 56.7. The van der Waals surface area contributed by atoms with Gasteiger partial charge in [-0.15, -0.1) is 0 Å². The lowest BCUT2D eigenvalue weighted by molar-refractivity contribution is -0.384. The summed E-state index contributed by atoms with van der Waals surface area (Å²) in [6, 6.07) is -0.626. The molecule has 40 heteroatoms. The van der Waals surface area contributed by atoms with Crippen LogP contribution in [0.15, 0.2) is 64.6 Å². The van der Waals surface area contributed by atoms with E-state index in [2.05, 4.69) is 73.8 Å². The van der Waals surface area contributed by atoms with Gasteiger partial charge in [-0.2, -0.15) is 0 Å². The number of unbranched alkanes of at least 4 members (excludes halogenated alkanes) is 2. The van der Waals surface area contributed by atoms with Gasteiger partial charge in [0, 0.05) is 31.6 Å². The van der Waals surface area contributed by atoms with Crippen molar-refractivity contribution in [1.29, 1.82) is 0 Å². The quantitative estimate of drug-likeness (QED) is 0.00962. The minimum absolute atomic E-state index is 0.0155. The Bertz CT molecular complexity index is 3150. The summed E-state index contributed by atoms with van der Waals surface area (Å²) >= 11 is 0. The van der Waals surface area contributed by atoms with Gasteiger partial charge in [0.2, 0.25) is 76.8 Å². The number of benzene rings is 2. The van der Waals surface area contributed by atoms with E-state index in [4.69, 9.17) is 45.9 Å². The van der Waals surface area contributed by atoms with Crippen molar-refractivity contribution >= 4 is 94.4 Å². The van der Waals surface area contributed by atoms with Gasteiger partial charge in [0.15, 0.2) is 11.9 Å². The Morgan fingerprint density at radius 1 is 0.455 bits per heavy atom. The fraction of sp³-hybridized carbons (Fsp3) is 0.557. The van der Waals surface area contributed by atoms with E-state index in [1.54, 1.807) is 30.3 Å². The van der Waals surface area contributed by atoms with Crippen LogP contribution in [0.1, 0.15) is 96.1 Å². The predicted octanol–water partition coefficient (Wildman–Crippen LogP) is -9.32. The van der Waals surface area contributed by atoms with Gasteiger partial charge in [0.05, 0.1) is 43.3 Å². The van der Waals surface area contributed by atoms with Crippen molar-refractivity contribution in [3.8, 4) is 0 Å². The first kappa shape index (κ1) is 86.4. The highest BCUT2D eigenvalue weighted by Crippen LogP contribution is 2.14. The molecule has 30 N–H and O–H groups in total. The second-order valence-corrected chi connectivity index (χ2v) is 23.4. The third-order valence-corrected chi connectivity index (χ3v) is 14.9. The lowest BCUT2D eigenvalue weighted by Crippen LogP contribution is -2.60. The molecule has 0 saturated carbocycles. The molecule has 0 bridgehead atoms.